The van der Waals surface area contributed by atoms with Gasteiger partial charge in [0.15, 0.2) is 0 Å². The van der Waals surface area contributed by atoms with Gasteiger partial charge in [0.25, 0.3) is 0 Å². The Hall–Kier alpha value is -1.32. The Kier molecular flexibility index (Phi) is 5.73. The molecule has 0 spiro atoms. The maximum Gasteiger partial charge on any atom is 0.303 e. The van der Waals surface area contributed by atoms with Gasteiger partial charge in [0.2, 0.25) is 5.91 Å². The molecule has 0 aromatic rings. The lowest BCUT2D eigenvalue weighted by Crippen LogP contribution is -2.31. The molecule has 2 unspecified atom stereocenters. The van der Waals surface area contributed by atoms with Crippen molar-refractivity contribution in [2.24, 2.45) is 11.8 Å². The van der Waals surface area contributed by atoms with Crippen LogP contribution in [0.2, 0.25) is 0 Å². The van der Waals surface area contributed by atoms with Crippen LogP contribution in [0.5, 0.6) is 0 Å². The van der Waals surface area contributed by atoms with Gasteiger partial charge in [-0.05, 0) is 24.7 Å². The summed E-state index contributed by atoms with van der Waals surface area (Å²) in [7, 11) is 0. The maximum absolute atomic E-state index is 11.6. The van der Waals surface area contributed by atoms with Gasteiger partial charge in [0.1, 0.15) is 0 Å². The van der Waals surface area contributed by atoms with Crippen molar-refractivity contribution >= 4 is 11.9 Å². The molecular weight excluding hydrogens is 218 g/mol. The van der Waals surface area contributed by atoms with Crippen LogP contribution in [-0.2, 0) is 9.59 Å². The second kappa shape index (κ2) is 7.09. The summed E-state index contributed by atoms with van der Waals surface area (Å²) in [4.78, 5) is 22.2. The number of amides is 1. The average molecular weight is 239 g/mol. The van der Waals surface area contributed by atoms with E-state index in [-0.39, 0.29) is 18.2 Å². The van der Waals surface area contributed by atoms with Crippen LogP contribution in [-0.4, -0.2) is 23.5 Å². The first-order valence-corrected chi connectivity index (χ1v) is 6.27. The molecule has 0 aliphatic heterocycles. The molecule has 0 radical (unpaired) electrons. The van der Waals surface area contributed by atoms with Crippen molar-refractivity contribution in [2.75, 3.05) is 6.54 Å². The van der Waals surface area contributed by atoms with Crippen LogP contribution in [0.25, 0.3) is 0 Å². The smallest absolute Gasteiger partial charge is 0.303 e. The zero-order valence-corrected chi connectivity index (χ0v) is 10.3. The molecule has 0 aromatic heterocycles. The molecule has 0 aromatic carbocycles. The highest BCUT2D eigenvalue weighted by Crippen LogP contribution is 2.20. The number of allylic oxidation sites excluding steroid dienone is 2. The summed E-state index contributed by atoms with van der Waals surface area (Å²) in [6.45, 7) is 2.41. The van der Waals surface area contributed by atoms with Crippen molar-refractivity contribution in [1.29, 1.82) is 0 Å². The molecule has 0 saturated carbocycles. The number of nitrogens with one attached hydrogen (secondary N) is 1. The van der Waals surface area contributed by atoms with Gasteiger partial charge in [-0.2, -0.15) is 0 Å². The molecule has 17 heavy (non-hydrogen) atoms. The van der Waals surface area contributed by atoms with Crippen LogP contribution in [0.15, 0.2) is 12.2 Å². The maximum atomic E-state index is 11.6. The van der Waals surface area contributed by atoms with E-state index in [1.807, 2.05) is 6.92 Å². The molecule has 4 nitrogen and oxygen atoms in total. The molecule has 1 amide bonds. The number of carboxylic acid groups (broad SMARTS) is 1. The van der Waals surface area contributed by atoms with Gasteiger partial charge < -0.3 is 10.4 Å². The van der Waals surface area contributed by atoms with Crippen LogP contribution in [0.1, 0.15) is 39.0 Å². The topological polar surface area (TPSA) is 66.4 Å². The summed E-state index contributed by atoms with van der Waals surface area (Å²) < 4.78 is 0. The van der Waals surface area contributed by atoms with E-state index in [0.717, 1.165) is 19.3 Å². The van der Waals surface area contributed by atoms with E-state index in [2.05, 4.69) is 17.5 Å². The van der Waals surface area contributed by atoms with Gasteiger partial charge in [0, 0.05) is 19.4 Å². The van der Waals surface area contributed by atoms with Gasteiger partial charge in [-0.1, -0.05) is 25.5 Å². The van der Waals surface area contributed by atoms with Crippen molar-refractivity contribution in [3.8, 4) is 0 Å². The Balaban J connectivity index is 2.21. The van der Waals surface area contributed by atoms with Crippen molar-refractivity contribution in [1.82, 2.24) is 5.32 Å². The fourth-order valence-electron chi connectivity index (χ4n) is 2.04. The Morgan fingerprint density at radius 3 is 2.82 bits per heavy atom. The lowest BCUT2D eigenvalue weighted by Gasteiger charge is -2.14. The van der Waals surface area contributed by atoms with E-state index < -0.39 is 5.97 Å². The summed E-state index contributed by atoms with van der Waals surface area (Å²) in [6.07, 6.45) is 7.75. The first-order valence-electron chi connectivity index (χ1n) is 6.27. The highest BCUT2D eigenvalue weighted by Gasteiger charge is 2.16. The highest BCUT2D eigenvalue weighted by molar-refractivity contribution is 5.76. The average Bonchev–Trinajstić information content (AvgIpc) is 2.76. The Labute approximate surface area is 102 Å². The minimum Gasteiger partial charge on any atom is -0.481 e. The predicted molar refractivity (Wildman–Crippen MR) is 65.5 cm³/mol. The second-order valence-electron chi connectivity index (χ2n) is 4.65. The molecule has 1 aliphatic rings. The van der Waals surface area contributed by atoms with Crippen LogP contribution in [0, 0.1) is 11.8 Å². The third-order valence-electron chi connectivity index (χ3n) is 3.19. The molecular formula is C13H21NO3. The summed E-state index contributed by atoms with van der Waals surface area (Å²) in [6, 6.07) is 0. The summed E-state index contributed by atoms with van der Waals surface area (Å²) in [5.74, 6) is -0.361. The molecule has 2 atom stereocenters. The van der Waals surface area contributed by atoms with E-state index in [9.17, 15) is 9.59 Å². The zero-order chi connectivity index (χ0) is 12.7. The molecule has 4 heteroatoms. The standard InChI is InChI=1S/C13H21NO3/c1-2-10(8-13(16)17)9-14-12(15)7-11-5-3-4-6-11/h3,5,10-11H,2,4,6-9H2,1H3,(H,14,15)(H,16,17). The van der Waals surface area contributed by atoms with Gasteiger partial charge >= 0.3 is 5.97 Å². The fraction of sp³-hybridized carbons (Fsp3) is 0.692. The van der Waals surface area contributed by atoms with Crippen molar-refractivity contribution < 1.29 is 14.7 Å². The van der Waals surface area contributed by atoms with E-state index in [1.54, 1.807) is 0 Å². The number of aliphatic carboxylic acids is 1. The lowest BCUT2D eigenvalue weighted by molar-refractivity contribution is -0.138. The largest absolute Gasteiger partial charge is 0.481 e. The normalized spacial score (nSPS) is 20.2. The third-order valence-corrected chi connectivity index (χ3v) is 3.19. The third kappa shape index (κ3) is 5.52. The summed E-state index contributed by atoms with van der Waals surface area (Å²) in [5.41, 5.74) is 0. The van der Waals surface area contributed by atoms with Gasteiger partial charge in [-0.25, -0.2) is 0 Å². The van der Waals surface area contributed by atoms with Gasteiger partial charge in [-0.15, -0.1) is 0 Å². The van der Waals surface area contributed by atoms with E-state index in [0.29, 0.717) is 18.9 Å². The van der Waals surface area contributed by atoms with Crippen molar-refractivity contribution in [3.63, 3.8) is 0 Å². The van der Waals surface area contributed by atoms with Crippen LogP contribution in [0.4, 0.5) is 0 Å². The summed E-state index contributed by atoms with van der Waals surface area (Å²) >= 11 is 0. The fourth-order valence-corrected chi connectivity index (χ4v) is 2.04. The minimum absolute atomic E-state index is 0.0328. The lowest BCUT2D eigenvalue weighted by atomic mass is 10.0. The highest BCUT2D eigenvalue weighted by atomic mass is 16.4. The molecule has 0 fully saturated rings. The van der Waals surface area contributed by atoms with Crippen LogP contribution in [0.3, 0.4) is 0 Å². The molecule has 0 saturated heterocycles. The zero-order valence-electron chi connectivity index (χ0n) is 10.3. The molecule has 2 N–H and O–H groups in total. The van der Waals surface area contributed by atoms with Gasteiger partial charge in [-0.3, -0.25) is 9.59 Å². The number of hydrogen-bond acceptors (Lipinski definition) is 2. The second-order valence-corrected chi connectivity index (χ2v) is 4.65. The minimum atomic E-state index is -0.801. The summed E-state index contributed by atoms with van der Waals surface area (Å²) in [5, 5.41) is 11.5. The monoisotopic (exact) mass is 239 g/mol. The van der Waals surface area contributed by atoms with E-state index in [4.69, 9.17) is 5.11 Å². The SMILES string of the molecule is CCC(CNC(=O)CC1C=CCC1)CC(=O)O. The molecule has 1 aliphatic carbocycles. The molecule has 1 rings (SSSR count). The van der Waals surface area contributed by atoms with Crippen LogP contribution < -0.4 is 5.32 Å². The Bertz CT molecular complexity index is 299. The van der Waals surface area contributed by atoms with Gasteiger partial charge in [0.05, 0.1) is 0 Å². The number of rotatable bonds is 7. The number of carbonyl (C=O) groups excluding carboxylic acids is 1. The Morgan fingerprint density at radius 1 is 1.53 bits per heavy atom. The molecule has 0 bridgehead atoms. The van der Waals surface area contributed by atoms with Crippen LogP contribution >= 0.6 is 0 Å². The van der Waals surface area contributed by atoms with E-state index >= 15 is 0 Å². The van der Waals surface area contributed by atoms with Crippen molar-refractivity contribution in [3.05, 3.63) is 12.2 Å². The number of carbonyl (C=O) groups is 2. The Morgan fingerprint density at radius 2 is 2.29 bits per heavy atom. The number of hydrogen-bond donors (Lipinski definition) is 2. The number of carboxylic acids is 1. The van der Waals surface area contributed by atoms with E-state index in [1.165, 1.54) is 0 Å². The predicted octanol–water partition coefficient (Wildman–Crippen LogP) is 1.96. The first-order chi connectivity index (χ1) is 8.11. The molecule has 0 heterocycles. The first kappa shape index (κ1) is 13.7. The molecule has 96 valence electrons. The van der Waals surface area contributed by atoms with Crippen molar-refractivity contribution in [2.45, 2.75) is 39.0 Å². The quantitative estimate of drug-likeness (QED) is 0.667.